The standard InChI is InChI=1S/C14H13NO3/c1-10-5-2-3-6-11(10)9-12-7-4-8-15(13(12)16)14(17)18/h2-8H,9H2,1H3,(H,17,18). The summed E-state index contributed by atoms with van der Waals surface area (Å²) >= 11 is 0. The third-order valence-electron chi connectivity index (χ3n) is 2.87. The zero-order valence-electron chi connectivity index (χ0n) is 9.96. The van der Waals surface area contributed by atoms with Crippen LogP contribution >= 0.6 is 0 Å². The lowest BCUT2D eigenvalue weighted by atomic mass is 10.0. The molecule has 0 saturated carbocycles. The predicted octanol–water partition coefficient (Wildman–Crippen LogP) is 2.27. The Bertz CT molecular complexity index is 643. The minimum atomic E-state index is -1.26. The summed E-state index contributed by atoms with van der Waals surface area (Å²) in [5.41, 5.74) is 2.11. The van der Waals surface area contributed by atoms with E-state index in [2.05, 4.69) is 0 Å². The number of benzene rings is 1. The Kier molecular flexibility index (Phi) is 3.28. The summed E-state index contributed by atoms with van der Waals surface area (Å²) in [4.78, 5) is 22.8. The number of carboxylic acid groups (broad SMARTS) is 1. The van der Waals surface area contributed by atoms with Crippen molar-refractivity contribution in [2.24, 2.45) is 0 Å². The van der Waals surface area contributed by atoms with Crippen LogP contribution in [-0.2, 0) is 6.42 Å². The molecule has 92 valence electrons. The third kappa shape index (κ3) is 2.32. The molecular formula is C14H13NO3. The maximum atomic E-state index is 11.9. The first-order valence-electron chi connectivity index (χ1n) is 5.58. The molecule has 0 saturated heterocycles. The highest BCUT2D eigenvalue weighted by Gasteiger charge is 2.09. The quantitative estimate of drug-likeness (QED) is 0.880. The van der Waals surface area contributed by atoms with Gasteiger partial charge in [-0.15, -0.1) is 0 Å². The summed E-state index contributed by atoms with van der Waals surface area (Å²) in [5.74, 6) is 0. The van der Waals surface area contributed by atoms with Gasteiger partial charge in [-0.3, -0.25) is 4.79 Å². The van der Waals surface area contributed by atoms with Gasteiger partial charge >= 0.3 is 6.09 Å². The van der Waals surface area contributed by atoms with Crippen molar-refractivity contribution in [3.63, 3.8) is 0 Å². The number of rotatable bonds is 2. The van der Waals surface area contributed by atoms with E-state index < -0.39 is 11.7 Å². The van der Waals surface area contributed by atoms with Crippen molar-refractivity contribution in [2.45, 2.75) is 13.3 Å². The summed E-state index contributed by atoms with van der Waals surface area (Å²) in [6.45, 7) is 1.97. The molecule has 0 radical (unpaired) electrons. The second kappa shape index (κ2) is 4.87. The fraction of sp³-hybridized carbons (Fsp3) is 0.143. The van der Waals surface area contributed by atoms with Crippen LogP contribution in [-0.4, -0.2) is 15.8 Å². The number of aryl methyl sites for hydroxylation is 1. The van der Waals surface area contributed by atoms with E-state index in [9.17, 15) is 9.59 Å². The normalized spacial score (nSPS) is 10.3. The molecule has 4 nitrogen and oxygen atoms in total. The molecular weight excluding hydrogens is 230 g/mol. The van der Waals surface area contributed by atoms with Crippen molar-refractivity contribution in [3.05, 3.63) is 69.6 Å². The van der Waals surface area contributed by atoms with Gasteiger partial charge in [-0.2, -0.15) is 0 Å². The molecule has 0 amide bonds. The second-order valence-corrected chi connectivity index (χ2v) is 4.09. The van der Waals surface area contributed by atoms with E-state index in [0.717, 1.165) is 11.1 Å². The Morgan fingerprint density at radius 1 is 1.17 bits per heavy atom. The fourth-order valence-electron chi connectivity index (χ4n) is 1.84. The summed E-state index contributed by atoms with van der Waals surface area (Å²) < 4.78 is 0.702. The van der Waals surface area contributed by atoms with Crippen LogP contribution in [0.3, 0.4) is 0 Å². The van der Waals surface area contributed by atoms with Gasteiger partial charge in [0.25, 0.3) is 5.56 Å². The van der Waals surface area contributed by atoms with E-state index in [1.807, 2.05) is 31.2 Å². The number of pyridine rings is 1. The van der Waals surface area contributed by atoms with Gasteiger partial charge < -0.3 is 5.11 Å². The number of nitrogens with zero attached hydrogens (tertiary/aromatic N) is 1. The van der Waals surface area contributed by atoms with Crippen LogP contribution in [0.1, 0.15) is 16.7 Å². The SMILES string of the molecule is Cc1ccccc1Cc1cccn(C(=O)O)c1=O. The van der Waals surface area contributed by atoms with Crippen LogP contribution in [0, 0.1) is 6.92 Å². The monoisotopic (exact) mass is 243 g/mol. The van der Waals surface area contributed by atoms with Crippen molar-refractivity contribution in [2.75, 3.05) is 0 Å². The lowest BCUT2D eigenvalue weighted by Crippen LogP contribution is -2.27. The van der Waals surface area contributed by atoms with Crippen molar-refractivity contribution in [3.8, 4) is 0 Å². The lowest BCUT2D eigenvalue weighted by molar-refractivity contribution is 0.195. The van der Waals surface area contributed by atoms with E-state index in [1.54, 1.807) is 12.1 Å². The maximum absolute atomic E-state index is 11.9. The largest absolute Gasteiger partial charge is 0.464 e. The fourth-order valence-corrected chi connectivity index (χ4v) is 1.84. The minimum absolute atomic E-state index is 0.444. The Balaban J connectivity index is 2.42. The second-order valence-electron chi connectivity index (χ2n) is 4.09. The first-order chi connectivity index (χ1) is 8.59. The van der Waals surface area contributed by atoms with Gasteiger partial charge in [0.05, 0.1) is 0 Å². The minimum Gasteiger partial charge on any atom is -0.464 e. The average Bonchev–Trinajstić information content (AvgIpc) is 2.34. The molecule has 18 heavy (non-hydrogen) atoms. The highest BCUT2D eigenvalue weighted by Crippen LogP contribution is 2.11. The Labute approximate surface area is 104 Å². The summed E-state index contributed by atoms with van der Waals surface area (Å²) in [7, 11) is 0. The molecule has 0 fully saturated rings. The van der Waals surface area contributed by atoms with E-state index in [1.165, 1.54) is 6.20 Å². The van der Waals surface area contributed by atoms with Crippen molar-refractivity contribution < 1.29 is 9.90 Å². The summed E-state index contributed by atoms with van der Waals surface area (Å²) in [6.07, 6.45) is 0.442. The van der Waals surface area contributed by atoms with E-state index >= 15 is 0 Å². The summed E-state index contributed by atoms with van der Waals surface area (Å²) in [6, 6.07) is 11.0. The smallest absolute Gasteiger partial charge is 0.418 e. The van der Waals surface area contributed by atoms with Crippen LogP contribution in [0.15, 0.2) is 47.4 Å². The molecule has 2 rings (SSSR count). The Morgan fingerprint density at radius 2 is 1.83 bits per heavy atom. The van der Waals surface area contributed by atoms with Crippen LogP contribution < -0.4 is 5.56 Å². The van der Waals surface area contributed by atoms with E-state index in [4.69, 9.17) is 5.11 Å². The number of aromatic nitrogens is 1. The van der Waals surface area contributed by atoms with Crippen molar-refractivity contribution >= 4 is 6.09 Å². The van der Waals surface area contributed by atoms with E-state index in [0.29, 0.717) is 16.6 Å². The molecule has 0 aliphatic carbocycles. The van der Waals surface area contributed by atoms with Gasteiger partial charge in [-0.1, -0.05) is 30.3 Å². The molecule has 0 unspecified atom stereocenters. The van der Waals surface area contributed by atoms with Gasteiger partial charge in [0.2, 0.25) is 0 Å². The summed E-state index contributed by atoms with van der Waals surface area (Å²) in [5, 5.41) is 8.87. The van der Waals surface area contributed by atoms with Gasteiger partial charge in [0, 0.05) is 18.2 Å². The average molecular weight is 243 g/mol. The number of hydrogen-bond acceptors (Lipinski definition) is 2. The third-order valence-corrected chi connectivity index (χ3v) is 2.87. The van der Waals surface area contributed by atoms with Gasteiger partial charge in [-0.25, -0.2) is 9.36 Å². The molecule has 0 aliphatic heterocycles. The highest BCUT2D eigenvalue weighted by atomic mass is 16.4. The Morgan fingerprint density at radius 3 is 2.50 bits per heavy atom. The van der Waals surface area contributed by atoms with Crippen molar-refractivity contribution in [1.82, 2.24) is 4.57 Å². The van der Waals surface area contributed by atoms with Crippen molar-refractivity contribution in [1.29, 1.82) is 0 Å². The van der Waals surface area contributed by atoms with Gasteiger partial charge in [0.1, 0.15) is 0 Å². The molecule has 0 spiro atoms. The molecule has 0 atom stereocenters. The number of hydrogen-bond donors (Lipinski definition) is 1. The van der Waals surface area contributed by atoms with Crippen LogP contribution in [0.2, 0.25) is 0 Å². The zero-order valence-corrected chi connectivity index (χ0v) is 9.96. The molecule has 1 aromatic carbocycles. The molecule has 0 bridgehead atoms. The molecule has 1 heterocycles. The Hall–Kier alpha value is -2.36. The van der Waals surface area contributed by atoms with Crippen LogP contribution in [0.4, 0.5) is 4.79 Å². The topological polar surface area (TPSA) is 59.3 Å². The predicted molar refractivity (Wildman–Crippen MR) is 68.1 cm³/mol. The molecule has 1 aromatic heterocycles. The maximum Gasteiger partial charge on any atom is 0.418 e. The van der Waals surface area contributed by atoms with Crippen LogP contribution in [0.5, 0.6) is 0 Å². The zero-order chi connectivity index (χ0) is 13.1. The molecule has 0 aliphatic rings. The first kappa shape index (κ1) is 12.1. The lowest BCUT2D eigenvalue weighted by Gasteiger charge is -2.06. The highest BCUT2D eigenvalue weighted by molar-refractivity contribution is 5.67. The van der Waals surface area contributed by atoms with Crippen LogP contribution in [0.25, 0.3) is 0 Å². The van der Waals surface area contributed by atoms with Gasteiger partial charge in [-0.05, 0) is 24.1 Å². The van der Waals surface area contributed by atoms with Gasteiger partial charge in [0.15, 0.2) is 0 Å². The first-order valence-corrected chi connectivity index (χ1v) is 5.58. The number of carbonyl (C=O) groups is 1. The molecule has 2 aromatic rings. The molecule has 1 N–H and O–H groups in total. The molecule has 4 heteroatoms. The van der Waals surface area contributed by atoms with E-state index in [-0.39, 0.29) is 0 Å².